The summed E-state index contributed by atoms with van der Waals surface area (Å²) in [6, 6.07) is 14.0. The predicted octanol–water partition coefficient (Wildman–Crippen LogP) is 3.89. The molecule has 29 heavy (non-hydrogen) atoms. The van der Waals surface area contributed by atoms with Crippen LogP contribution in [-0.2, 0) is 11.3 Å². The number of carbonyl (C=O) groups is 1. The molecule has 0 radical (unpaired) electrons. The lowest BCUT2D eigenvalue weighted by Gasteiger charge is -2.32. The average Bonchev–Trinajstić information content (AvgIpc) is 3.28. The van der Waals surface area contributed by atoms with Gasteiger partial charge in [-0.2, -0.15) is 0 Å². The number of rotatable bonds is 5. The van der Waals surface area contributed by atoms with Crippen molar-refractivity contribution in [3.05, 3.63) is 65.6 Å². The number of nitrogens with zero attached hydrogens (tertiary/aromatic N) is 3. The summed E-state index contributed by atoms with van der Waals surface area (Å²) in [6.07, 6.45) is 3.46. The van der Waals surface area contributed by atoms with Gasteiger partial charge in [-0.25, -0.2) is 0 Å². The van der Waals surface area contributed by atoms with Crippen LogP contribution in [0.25, 0.3) is 11.3 Å². The maximum atomic E-state index is 12.6. The Labute approximate surface area is 170 Å². The van der Waals surface area contributed by atoms with Crippen LogP contribution in [0.5, 0.6) is 0 Å². The lowest BCUT2D eigenvalue weighted by molar-refractivity contribution is -0.125. The van der Waals surface area contributed by atoms with Crippen LogP contribution >= 0.6 is 0 Å². The first kappa shape index (κ1) is 19.2. The Kier molecular flexibility index (Phi) is 5.60. The van der Waals surface area contributed by atoms with Crippen LogP contribution in [-0.4, -0.2) is 29.2 Å². The Bertz CT molecular complexity index is 967. The minimum atomic E-state index is -0.0556. The third-order valence-corrected chi connectivity index (χ3v) is 5.59. The second-order valence-corrected chi connectivity index (χ2v) is 7.66. The molecular formula is C23H26N4O2. The molecule has 3 heterocycles. The number of piperidine rings is 1. The molecule has 1 aliphatic rings. The second kappa shape index (κ2) is 8.47. The highest BCUT2D eigenvalue weighted by molar-refractivity contribution is 5.79. The fourth-order valence-electron chi connectivity index (χ4n) is 3.68. The smallest absolute Gasteiger partial charge is 0.225 e. The van der Waals surface area contributed by atoms with Crippen molar-refractivity contribution < 1.29 is 9.21 Å². The highest BCUT2D eigenvalue weighted by Gasteiger charge is 2.26. The van der Waals surface area contributed by atoms with Gasteiger partial charge in [0, 0.05) is 18.7 Å². The molecule has 4 rings (SSSR count). The van der Waals surface area contributed by atoms with E-state index in [0.717, 1.165) is 42.2 Å². The van der Waals surface area contributed by atoms with E-state index in [-0.39, 0.29) is 11.8 Å². The number of aromatic nitrogens is 2. The van der Waals surface area contributed by atoms with Crippen molar-refractivity contribution in [2.24, 2.45) is 5.92 Å². The number of nitrogens with one attached hydrogen (secondary N) is 1. The van der Waals surface area contributed by atoms with E-state index in [1.807, 2.05) is 24.3 Å². The largest absolute Gasteiger partial charge is 0.467 e. The Morgan fingerprint density at radius 3 is 2.79 bits per heavy atom. The second-order valence-electron chi connectivity index (χ2n) is 7.66. The molecule has 3 aromatic rings. The number of anilines is 1. The van der Waals surface area contributed by atoms with Gasteiger partial charge in [-0.3, -0.25) is 4.79 Å². The fourth-order valence-corrected chi connectivity index (χ4v) is 3.68. The summed E-state index contributed by atoms with van der Waals surface area (Å²) in [5.41, 5.74) is 4.44. The number of hydrogen-bond acceptors (Lipinski definition) is 5. The molecule has 1 saturated heterocycles. The van der Waals surface area contributed by atoms with Crippen LogP contribution in [0.15, 0.2) is 53.1 Å². The first-order valence-electron chi connectivity index (χ1n) is 10.1. The van der Waals surface area contributed by atoms with E-state index in [1.165, 1.54) is 11.1 Å². The van der Waals surface area contributed by atoms with Gasteiger partial charge in [-0.15, -0.1) is 10.2 Å². The van der Waals surface area contributed by atoms with Crippen molar-refractivity contribution in [1.82, 2.24) is 15.5 Å². The standard InChI is InChI=1S/C23H26N4O2/c1-16-7-8-18(13-17(16)2)21-9-10-22(26-25-21)27-11-3-5-19(15-27)23(28)24-14-20-6-4-12-29-20/h4,6-10,12-13,19H,3,5,11,14-15H2,1-2H3,(H,24,28). The topological polar surface area (TPSA) is 71.3 Å². The molecular weight excluding hydrogens is 364 g/mol. The van der Waals surface area contributed by atoms with Crippen LogP contribution in [0.3, 0.4) is 0 Å². The summed E-state index contributed by atoms with van der Waals surface area (Å²) in [4.78, 5) is 14.7. The zero-order chi connectivity index (χ0) is 20.2. The van der Waals surface area contributed by atoms with Gasteiger partial charge < -0.3 is 14.6 Å². The van der Waals surface area contributed by atoms with Crippen molar-refractivity contribution >= 4 is 11.7 Å². The zero-order valence-corrected chi connectivity index (χ0v) is 16.9. The van der Waals surface area contributed by atoms with Crippen LogP contribution < -0.4 is 10.2 Å². The minimum Gasteiger partial charge on any atom is -0.467 e. The van der Waals surface area contributed by atoms with Gasteiger partial charge in [0.25, 0.3) is 0 Å². The van der Waals surface area contributed by atoms with E-state index in [0.29, 0.717) is 13.1 Å². The lowest BCUT2D eigenvalue weighted by atomic mass is 9.97. The fraction of sp³-hybridized carbons (Fsp3) is 0.348. The molecule has 1 aliphatic heterocycles. The molecule has 0 spiro atoms. The first-order valence-corrected chi connectivity index (χ1v) is 10.1. The quantitative estimate of drug-likeness (QED) is 0.716. The highest BCUT2D eigenvalue weighted by Crippen LogP contribution is 2.24. The average molecular weight is 390 g/mol. The summed E-state index contributed by atoms with van der Waals surface area (Å²) >= 11 is 0. The maximum Gasteiger partial charge on any atom is 0.225 e. The van der Waals surface area contributed by atoms with Gasteiger partial charge in [-0.05, 0) is 68.1 Å². The van der Waals surface area contributed by atoms with Gasteiger partial charge in [0.2, 0.25) is 5.91 Å². The predicted molar refractivity (Wildman–Crippen MR) is 112 cm³/mol. The molecule has 1 unspecified atom stereocenters. The number of benzene rings is 1. The van der Waals surface area contributed by atoms with E-state index in [2.05, 4.69) is 52.5 Å². The van der Waals surface area contributed by atoms with Gasteiger partial charge in [0.1, 0.15) is 5.76 Å². The molecule has 1 fully saturated rings. The third-order valence-electron chi connectivity index (χ3n) is 5.59. The van der Waals surface area contributed by atoms with E-state index >= 15 is 0 Å². The van der Waals surface area contributed by atoms with E-state index in [9.17, 15) is 4.79 Å². The summed E-state index contributed by atoms with van der Waals surface area (Å²) in [6.45, 7) is 6.17. The number of carbonyl (C=O) groups excluding carboxylic acids is 1. The van der Waals surface area contributed by atoms with Crippen LogP contribution in [0.4, 0.5) is 5.82 Å². The number of furan rings is 1. The summed E-state index contributed by atoms with van der Waals surface area (Å²) in [7, 11) is 0. The Morgan fingerprint density at radius 1 is 1.17 bits per heavy atom. The van der Waals surface area contributed by atoms with Crippen molar-refractivity contribution in [2.75, 3.05) is 18.0 Å². The molecule has 1 amide bonds. The Balaban J connectivity index is 1.40. The molecule has 150 valence electrons. The van der Waals surface area contributed by atoms with Gasteiger partial charge in [0.05, 0.1) is 24.4 Å². The molecule has 1 aromatic carbocycles. The summed E-state index contributed by atoms with van der Waals surface area (Å²) in [5, 5.41) is 11.8. The van der Waals surface area contributed by atoms with E-state index in [4.69, 9.17) is 4.42 Å². The SMILES string of the molecule is Cc1ccc(-c2ccc(N3CCCC(C(=O)NCc4ccco4)C3)nn2)cc1C. The monoisotopic (exact) mass is 390 g/mol. The minimum absolute atomic E-state index is 0.0556. The van der Waals surface area contributed by atoms with Crippen molar-refractivity contribution in [1.29, 1.82) is 0 Å². The molecule has 0 saturated carbocycles. The highest BCUT2D eigenvalue weighted by atomic mass is 16.3. The molecule has 1 atom stereocenters. The summed E-state index contributed by atoms with van der Waals surface area (Å²) in [5.74, 6) is 1.59. The van der Waals surface area contributed by atoms with Crippen molar-refractivity contribution in [3.8, 4) is 11.3 Å². The van der Waals surface area contributed by atoms with Gasteiger partial charge >= 0.3 is 0 Å². The molecule has 0 bridgehead atoms. The molecule has 6 heteroatoms. The van der Waals surface area contributed by atoms with Crippen LogP contribution in [0.1, 0.15) is 29.7 Å². The van der Waals surface area contributed by atoms with Gasteiger partial charge in [-0.1, -0.05) is 12.1 Å². The molecule has 6 nitrogen and oxygen atoms in total. The maximum absolute atomic E-state index is 12.6. The lowest BCUT2D eigenvalue weighted by Crippen LogP contribution is -2.43. The zero-order valence-electron chi connectivity index (χ0n) is 16.9. The normalized spacial score (nSPS) is 16.6. The number of hydrogen-bond donors (Lipinski definition) is 1. The Hall–Kier alpha value is -3.15. The third kappa shape index (κ3) is 4.47. The van der Waals surface area contributed by atoms with E-state index in [1.54, 1.807) is 6.26 Å². The van der Waals surface area contributed by atoms with Crippen LogP contribution in [0, 0.1) is 19.8 Å². The first-order chi connectivity index (χ1) is 14.1. The van der Waals surface area contributed by atoms with Crippen molar-refractivity contribution in [2.45, 2.75) is 33.2 Å². The Morgan fingerprint density at radius 2 is 2.07 bits per heavy atom. The van der Waals surface area contributed by atoms with E-state index < -0.39 is 0 Å². The van der Waals surface area contributed by atoms with Crippen molar-refractivity contribution in [3.63, 3.8) is 0 Å². The molecule has 1 N–H and O–H groups in total. The number of amides is 1. The molecule has 0 aliphatic carbocycles. The van der Waals surface area contributed by atoms with Crippen LogP contribution in [0.2, 0.25) is 0 Å². The number of aryl methyl sites for hydroxylation is 2. The molecule has 2 aromatic heterocycles. The van der Waals surface area contributed by atoms with Gasteiger partial charge in [0.15, 0.2) is 5.82 Å². The summed E-state index contributed by atoms with van der Waals surface area (Å²) < 4.78 is 5.28.